The lowest BCUT2D eigenvalue weighted by Crippen LogP contribution is -2.41. The number of nitrogens with zero attached hydrogens (tertiary/aromatic N) is 1. The van der Waals surface area contributed by atoms with Gasteiger partial charge in [-0.3, -0.25) is 4.99 Å². The molecule has 0 bridgehead atoms. The molecule has 4 nitrogen and oxygen atoms in total. The highest BCUT2D eigenvalue weighted by molar-refractivity contribution is 6.14. The zero-order valence-electron chi connectivity index (χ0n) is 19.8. The number of allylic oxidation sites excluding steroid dienone is 5. The van der Waals surface area contributed by atoms with Crippen LogP contribution in [0.15, 0.2) is 58.8 Å². The number of aliphatic imine (C=N–C) groups is 1. The van der Waals surface area contributed by atoms with Crippen LogP contribution in [0.3, 0.4) is 0 Å². The molecule has 1 aromatic carbocycles. The van der Waals surface area contributed by atoms with Crippen molar-refractivity contribution in [3.05, 3.63) is 64.9 Å². The molecule has 2 rings (SSSR count). The van der Waals surface area contributed by atoms with Crippen LogP contribution in [-0.4, -0.2) is 34.1 Å². The van der Waals surface area contributed by atoms with Gasteiger partial charge in [0.25, 0.3) is 0 Å². The van der Waals surface area contributed by atoms with Gasteiger partial charge in [0.05, 0.1) is 23.4 Å². The van der Waals surface area contributed by atoms with E-state index in [0.29, 0.717) is 18.7 Å². The van der Waals surface area contributed by atoms with E-state index in [1.165, 1.54) is 6.07 Å². The fourth-order valence-corrected chi connectivity index (χ4v) is 4.00. The first-order valence-electron chi connectivity index (χ1n) is 11.4. The third-order valence-corrected chi connectivity index (χ3v) is 5.70. The molecule has 1 aliphatic carbocycles. The molecule has 2 unspecified atom stereocenters. The summed E-state index contributed by atoms with van der Waals surface area (Å²) in [5.41, 5.74) is 0.784. The number of phenols is 1. The van der Waals surface area contributed by atoms with Gasteiger partial charge in [-0.2, -0.15) is 13.2 Å². The second-order valence-electron chi connectivity index (χ2n) is 8.93. The van der Waals surface area contributed by atoms with E-state index in [1.807, 2.05) is 52.0 Å². The summed E-state index contributed by atoms with van der Waals surface area (Å²) in [7, 11) is 0. The van der Waals surface area contributed by atoms with Crippen molar-refractivity contribution in [1.82, 2.24) is 5.32 Å². The Hall–Kier alpha value is -2.54. The molecule has 182 valence electrons. The Balaban J connectivity index is 2.26. The number of phenolic OH excluding ortho intramolecular Hbond substituents is 1. The first kappa shape index (κ1) is 26.7. The fraction of sp³-hybridized carbons (Fsp3) is 0.500. The molecule has 0 heterocycles. The molecule has 0 spiro atoms. The monoisotopic (exact) mass is 464 g/mol. The lowest BCUT2D eigenvalue weighted by molar-refractivity contribution is -0.137. The number of hydrogen-bond acceptors (Lipinski definition) is 4. The van der Waals surface area contributed by atoms with Crippen molar-refractivity contribution < 1.29 is 23.4 Å². The molecular weight excluding hydrogens is 429 g/mol. The highest BCUT2D eigenvalue weighted by Gasteiger charge is 2.31. The van der Waals surface area contributed by atoms with Crippen molar-refractivity contribution in [2.24, 2.45) is 4.99 Å². The van der Waals surface area contributed by atoms with E-state index in [4.69, 9.17) is 0 Å². The molecule has 1 aromatic rings. The molecule has 0 aromatic heterocycles. The average Bonchev–Trinajstić information content (AvgIpc) is 2.70. The van der Waals surface area contributed by atoms with Gasteiger partial charge < -0.3 is 15.5 Å². The maximum Gasteiger partial charge on any atom is 0.416 e. The van der Waals surface area contributed by atoms with Gasteiger partial charge in [-0.05, 0) is 82.7 Å². The Morgan fingerprint density at radius 1 is 1.30 bits per heavy atom. The van der Waals surface area contributed by atoms with Crippen LogP contribution in [0.2, 0.25) is 0 Å². The zero-order valence-corrected chi connectivity index (χ0v) is 19.8. The van der Waals surface area contributed by atoms with Gasteiger partial charge in [-0.15, -0.1) is 0 Å². The summed E-state index contributed by atoms with van der Waals surface area (Å²) in [6.07, 6.45) is 7.31. The fourth-order valence-electron chi connectivity index (χ4n) is 4.00. The van der Waals surface area contributed by atoms with Gasteiger partial charge in [-0.1, -0.05) is 25.2 Å². The molecule has 0 saturated heterocycles. The van der Waals surface area contributed by atoms with Crippen LogP contribution in [-0.2, 0) is 6.18 Å². The van der Waals surface area contributed by atoms with Crippen molar-refractivity contribution in [3.63, 3.8) is 0 Å². The molecule has 0 aliphatic heterocycles. The first-order valence-corrected chi connectivity index (χ1v) is 11.4. The summed E-state index contributed by atoms with van der Waals surface area (Å²) >= 11 is 0. The predicted molar refractivity (Wildman–Crippen MR) is 127 cm³/mol. The van der Waals surface area contributed by atoms with Gasteiger partial charge in [-0.25, -0.2) is 0 Å². The number of aliphatic hydroxyl groups is 1. The number of halogens is 3. The minimum Gasteiger partial charge on any atom is -0.507 e. The summed E-state index contributed by atoms with van der Waals surface area (Å²) < 4.78 is 39.0. The Labute approximate surface area is 194 Å². The van der Waals surface area contributed by atoms with Crippen molar-refractivity contribution in [2.75, 3.05) is 6.54 Å². The molecule has 1 fully saturated rings. The van der Waals surface area contributed by atoms with Gasteiger partial charge in [0.15, 0.2) is 0 Å². The molecule has 1 saturated carbocycles. The molecule has 0 radical (unpaired) electrons. The van der Waals surface area contributed by atoms with E-state index >= 15 is 0 Å². The van der Waals surface area contributed by atoms with E-state index in [0.717, 1.165) is 49.1 Å². The molecule has 0 amide bonds. The zero-order chi connectivity index (χ0) is 24.6. The molecular formula is C26H35F3N2O2. The van der Waals surface area contributed by atoms with Gasteiger partial charge >= 0.3 is 6.18 Å². The van der Waals surface area contributed by atoms with Crippen LogP contribution in [0.25, 0.3) is 0 Å². The standard InChI is InChI=1S/C26H35F3N2O2/c1-5-6-7-9-18(2)24(22-12-11-20(16-23(22)32)26(27,28)29)30-15-13-19(3)31-21-10-8-14-25(4,33)17-21/h6-7,9,11-13,16,21,31-33H,5,8,10,14-15,17H2,1-4H3/b7-6-,18-9+,19-13+,30-24?. The quantitative estimate of drug-likeness (QED) is 0.312. The van der Waals surface area contributed by atoms with Crippen LogP contribution in [0.4, 0.5) is 13.2 Å². The maximum atomic E-state index is 13.0. The van der Waals surface area contributed by atoms with E-state index in [9.17, 15) is 23.4 Å². The Kier molecular flexibility index (Phi) is 9.35. The van der Waals surface area contributed by atoms with Crippen LogP contribution in [0.5, 0.6) is 5.75 Å². The number of hydrogen-bond donors (Lipinski definition) is 3. The van der Waals surface area contributed by atoms with Crippen LogP contribution in [0, 0.1) is 0 Å². The predicted octanol–water partition coefficient (Wildman–Crippen LogP) is 6.30. The highest BCUT2D eigenvalue weighted by Crippen LogP contribution is 2.33. The van der Waals surface area contributed by atoms with E-state index in [1.54, 1.807) is 0 Å². The summed E-state index contributed by atoms with van der Waals surface area (Å²) in [5, 5.41) is 24.1. The maximum absolute atomic E-state index is 13.0. The van der Waals surface area contributed by atoms with Crippen molar-refractivity contribution >= 4 is 5.71 Å². The largest absolute Gasteiger partial charge is 0.507 e. The second kappa shape index (κ2) is 11.5. The van der Waals surface area contributed by atoms with Crippen LogP contribution < -0.4 is 5.32 Å². The van der Waals surface area contributed by atoms with Crippen molar-refractivity contribution in [1.29, 1.82) is 0 Å². The topological polar surface area (TPSA) is 64.9 Å². The summed E-state index contributed by atoms with van der Waals surface area (Å²) in [6.45, 7) is 7.90. The Bertz CT molecular complexity index is 928. The van der Waals surface area contributed by atoms with Crippen molar-refractivity contribution in [3.8, 4) is 5.75 Å². The molecule has 33 heavy (non-hydrogen) atoms. The molecule has 2 atom stereocenters. The van der Waals surface area contributed by atoms with Gasteiger partial charge in [0, 0.05) is 17.3 Å². The smallest absolute Gasteiger partial charge is 0.416 e. The molecule has 7 heteroatoms. The highest BCUT2D eigenvalue weighted by atomic mass is 19.4. The first-order chi connectivity index (χ1) is 15.4. The van der Waals surface area contributed by atoms with Crippen LogP contribution >= 0.6 is 0 Å². The summed E-state index contributed by atoms with van der Waals surface area (Å²) in [4.78, 5) is 4.59. The molecule has 3 N–H and O–H groups in total. The Morgan fingerprint density at radius 3 is 2.64 bits per heavy atom. The number of nitrogens with one attached hydrogen (secondary N) is 1. The number of benzene rings is 1. The minimum absolute atomic E-state index is 0.188. The third kappa shape index (κ3) is 8.39. The summed E-state index contributed by atoms with van der Waals surface area (Å²) in [5.74, 6) is -0.459. The second-order valence-corrected chi connectivity index (χ2v) is 8.93. The van der Waals surface area contributed by atoms with Gasteiger partial charge in [0.1, 0.15) is 5.75 Å². The van der Waals surface area contributed by atoms with E-state index in [-0.39, 0.29) is 11.6 Å². The summed E-state index contributed by atoms with van der Waals surface area (Å²) in [6, 6.07) is 3.14. The number of alkyl halides is 3. The van der Waals surface area contributed by atoms with Crippen molar-refractivity contribution in [2.45, 2.75) is 77.6 Å². The average molecular weight is 465 g/mol. The molecule has 1 aliphatic rings. The third-order valence-electron chi connectivity index (χ3n) is 5.70. The van der Waals surface area contributed by atoms with Crippen LogP contribution in [0.1, 0.15) is 70.9 Å². The lowest BCUT2D eigenvalue weighted by Gasteiger charge is -2.35. The number of aromatic hydroxyl groups is 1. The lowest BCUT2D eigenvalue weighted by atomic mass is 9.83. The van der Waals surface area contributed by atoms with E-state index < -0.39 is 23.1 Å². The minimum atomic E-state index is -4.53. The Morgan fingerprint density at radius 2 is 2.03 bits per heavy atom. The number of rotatable bonds is 8. The SMILES string of the molecule is CC/C=C\C=C(/C)C(=NC/C=C(\C)NC1CCCC(C)(O)C1)c1ccc(C(F)(F)F)cc1O. The van der Waals surface area contributed by atoms with Gasteiger partial charge in [0.2, 0.25) is 0 Å². The normalized spacial score (nSPS) is 23.3. The van der Waals surface area contributed by atoms with E-state index in [2.05, 4.69) is 10.3 Å².